The summed E-state index contributed by atoms with van der Waals surface area (Å²) in [7, 11) is 0. The third kappa shape index (κ3) is 4.33. The first-order valence-electron chi connectivity index (χ1n) is 5.33. The molecule has 88 valence electrons. The maximum absolute atomic E-state index is 11.2. The van der Waals surface area contributed by atoms with Crippen LogP contribution in [0.5, 0.6) is 0 Å². The van der Waals surface area contributed by atoms with Crippen molar-refractivity contribution in [2.45, 2.75) is 25.9 Å². The molecule has 4 heteroatoms. The number of carbonyl (C=O) groups is 1. The predicted octanol–water partition coefficient (Wildman–Crippen LogP) is 2.40. The minimum absolute atomic E-state index is 0.0151. The maximum atomic E-state index is 11.2. The van der Waals surface area contributed by atoms with Crippen molar-refractivity contribution in [2.75, 3.05) is 6.54 Å². The van der Waals surface area contributed by atoms with Gasteiger partial charge in [0.15, 0.2) is 0 Å². The van der Waals surface area contributed by atoms with Crippen molar-refractivity contribution in [2.24, 2.45) is 0 Å². The van der Waals surface area contributed by atoms with Gasteiger partial charge in [0, 0.05) is 17.4 Å². The summed E-state index contributed by atoms with van der Waals surface area (Å²) in [5.41, 5.74) is 0.840. The number of aliphatic hydroxyl groups excluding tert-OH is 1. The van der Waals surface area contributed by atoms with E-state index in [0.29, 0.717) is 19.4 Å². The van der Waals surface area contributed by atoms with E-state index >= 15 is 0 Å². The zero-order valence-electron chi connectivity index (χ0n) is 9.24. The first-order valence-corrected chi connectivity index (χ1v) is 6.13. The minimum Gasteiger partial charge on any atom is -0.388 e. The van der Waals surface area contributed by atoms with E-state index in [4.69, 9.17) is 0 Å². The summed E-state index contributed by atoms with van der Waals surface area (Å²) in [5.74, 6) is -0.0151. The summed E-state index contributed by atoms with van der Waals surface area (Å²) < 4.78 is 0.979. The van der Waals surface area contributed by atoms with Crippen LogP contribution < -0.4 is 5.32 Å². The fourth-order valence-electron chi connectivity index (χ4n) is 1.40. The smallest absolute Gasteiger partial charge is 0.220 e. The van der Waals surface area contributed by atoms with Gasteiger partial charge in [-0.05, 0) is 31.0 Å². The molecule has 0 saturated heterocycles. The summed E-state index contributed by atoms with van der Waals surface area (Å²) in [4.78, 5) is 11.2. The van der Waals surface area contributed by atoms with E-state index < -0.39 is 6.10 Å². The SMILES string of the molecule is CCNC(=O)CCC(O)c1ccc(Br)cc1. The van der Waals surface area contributed by atoms with Gasteiger partial charge in [0.1, 0.15) is 0 Å². The molecule has 0 radical (unpaired) electrons. The molecule has 1 unspecified atom stereocenters. The lowest BCUT2D eigenvalue weighted by molar-refractivity contribution is -0.121. The number of benzene rings is 1. The van der Waals surface area contributed by atoms with Crippen molar-refractivity contribution in [3.63, 3.8) is 0 Å². The van der Waals surface area contributed by atoms with Crippen molar-refractivity contribution < 1.29 is 9.90 Å². The van der Waals surface area contributed by atoms with E-state index in [0.717, 1.165) is 10.0 Å². The van der Waals surface area contributed by atoms with E-state index in [2.05, 4.69) is 21.2 Å². The lowest BCUT2D eigenvalue weighted by Gasteiger charge is -2.10. The van der Waals surface area contributed by atoms with Crippen molar-refractivity contribution in [3.05, 3.63) is 34.3 Å². The average molecular weight is 286 g/mol. The van der Waals surface area contributed by atoms with Crippen LogP contribution in [0.3, 0.4) is 0 Å². The maximum Gasteiger partial charge on any atom is 0.220 e. The number of hydrogen-bond donors (Lipinski definition) is 2. The van der Waals surface area contributed by atoms with E-state index in [1.807, 2.05) is 31.2 Å². The van der Waals surface area contributed by atoms with Crippen LogP contribution in [0.2, 0.25) is 0 Å². The van der Waals surface area contributed by atoms with Gasteiger partial charge in [-0.1, -0.05) is 28.1 Å². The fourth-order valence-corrected chi connectivity index (χ4v) is 1.67. The van der Waals surface area contributed by atoms with E-state index in [9.17, 15) is 9.90 Å². The number of hydrogen-bond acceptors (Lipinski definition) is 2. The highest BCUT2D eigenvalue weighted by atomic mass is 79.9. The summed E-state index contributed by atoms with van der Waals surface area (Å²) in [6, 6.07) is 7.47. The summed E-state index contributed by atoms with van der Waals surface area (Å²) in [6.07, 6.45) is 0.231. The molecule has 1 amide bonds. The molecule has 0 aliphatic heterocycles. The largest absolute Gasteiger partial charge is 0.388 e. The van der Waals surface area contributed by atoms with Crippen LogP contribution in [0.4, 0.5) is 0 Å². The van der Waals surface area contributed by atoms with Gasteiger partial charge in [-0.2, -0.15) is 0 Å². The second kappa shape index (κ2) is 6.66. The molecule has 0 aliphatic carbocycles. The molecule has 16 heavy (non-hydrogen) atoms. The molecule has 1 atom stereocenters. The third-order valence-corrected chi connectivity index (χ3v) is 2.80. The zero-order valence-corrected chi connectivity index (χ0v) is 10.8. The molecule has 2 N–H and O–H groups in total. The van der Waals surface area contributed by atoms with Crippen LogP contribution in [0.1, 0.15) is 31.4 Å². The Hall–Kier alpha value is -0.870. The second-order valence-corrected chi connectivity index (χ2v) is 4.48. The number of aliphatic hydroxyl groups is 1. The second-order valence-electron chi connectivity index (χ2n) is 3.56. The van der Waals surface area contributed by atoms with Gasteiger partial charge in [0.05, 0.1) is 6.10 Å². The van der Waals surface area contributed by atoms with Crippen molar-refractivity contribution in [1.29, 1.82) is 0 Å². The first-order chi connectivity index (χ1) is 7.63. The molecule has 0 aliphatic rings. The van der Waals surface area contributed by atoms with Gasteiger partial charge in [0.25, 0.3) is 0 Å². The molecule has 3 nitrogen and oxygen atoms in total. The van der Waals surface area contributed by atoms with Gasteiger partial charge in [-0.3, -0.25) is 4.79 Å². The average Bonchev–Trinajstić information content (AvgIpc) is 2.27. The van der Waals surface area contributed by atoms with Crippen molar-refractivity contribution in [1.82, 2.24) is 5.32 Å². The quantitative estimate of drug-likeness (QED) is 0.873. The molecular weight excluding hydrogens is 270 g/mol. The number of amides is 1. The molecular formula is C12H16BrNO2. The molecule has 0 heterocycles. The highest BCUT2D eigenvalue weighted by Gasteiger charge is 2.09. The Balaban J connectivity index is 2.43. The van der Waals surface area contributed by atoms with Crippen LogP contribution in [0.25, 0.3) is 0 Å². The number of carbonyl (C=O) groups excluding carboxylic acids is 1. The van der Waals surface area contributed by atoms with Gasteiger partial charge >= 0.3 is 0 Å². The predicted molar refractivity (Wildman–Crippen MR) is 67.0 cm³/mol. The Labute approximate surface area is 104 Å². The topological polar surface area (TPSA) is 49.3 Å². The van der Waals surface area contributed by atoms with Gasteiger partial charge < -0.3 is 10.4 Å². The molecule has 1 rings (SSSR count). The van der Waals surface area contributed by atoms with E-state index in [1.165, 1.54) is 0 Å². The molecule has 1 aromatic rings. The normalized spacial score (nSPS) is 12.2. The third-order valence-electron chi connectivity index (χ3n) is 2.27. The van der Waals surface area contributed by atoms with Gasteiger partial charge in [0.2, 0.25) is 5.91 Å². The van der Waals surface area contributed by atoms with Crippen molar-refractivity contribution >= 4 is 21.8 Å². The Kier molecular flexibility index (Phi) is 5.49. The molecule has 0 aromatic heterocycles. The highest BCUT2D eigenvalue weighted by molar-refractivity contribution is 9.10. The number of rotatable bonds is 5. The molecule has 1 aromatic carbocycles. The Bertz CT molecular complexity index is 337. The standard InChI is InChI=1S/C12H16BrNO2/c1-2-14-12(16)8-7-11(15)9-3-5-10(13)6-4-9/h3-6,11,15H,2,7-8H2,1H3,(H,14,16). The van der Waals surface area contributed by atoms with E-state index in [1.54, 1.807) is 0 Å². The molecule has 0 saturated carbocycles. The molecule has 0 bridgehead atoms. The monoisotopic (exact) mass is 285 g/mol. The molecule has 0 fully saturated rings. The van der Waals surface area contributed by atoms with Crippen LogP contribution in [-0.2, 0) is 4.79 Å². The van der Waals surface area contributed by atoms with E-state index in [-0.39, 0.29) is 5.91 Å². The Morgan fingerprint density at radius 3 is 2.62 bits per heavy atom. The summed E-state index contributed by atoms with van der Waals surface area (Å²) in [5, 5.41) is 12.5. The van der Waals surface area contributed by atoms with Crippen LogP contribution >= 0.6 is 15.9 Å². The van der Waals surface area contributed by atoms with Crippen LogP contribution in [-0.4, -0.2) is 17.6 Å². The minimum atomic E-state index is -0.573. The Morgan fingerprint density at radius 1 is 1.44 bits per heavy atom. The fraction of sp³-hybridized carbons (Fsp3) is 0.417. The first kappa shape index (κ1) is 13.2. The zero-order chi connectivity index (χ0) is 12.0. The summed E-state index contributed by atoms with van der Waals surface area (Å²) >= 11 is 3.33. The van der Waals surface area contributed by atoms with Gasteiger partial charge in [-0.15, -0.1) is 0 Å². The Morgan fingerprint density at radius 2 is 2.06 bits per heavy atom. The summed E-state index contributed by atoms with van der Waals surface area (Å²) in [6.45, 7) is 2.51. The lowest BCUT2D eigenvalue weighted by Crippen LogP contribution is -2.22. The van der Waals surface area contributed by atoms with Crippen LogP contribution in [0, 0.1) is 0 Å². The lowest BCUT2D eigenvalue weighted by atomic mass is 10.1. The highest BCUT2D eigenvalue weighted by Crippen LogP contribution is 2.20. The number of halogens is 1. The molecule has 0 spiro atoms. The van der Waals surface area contributed by atoms with Gasteiger partial charge in [-0.25, -0.2) is 0 Å². The van der Waals surface area contributed by atoms with Crippen LogP contribution in [0.15, 0.2) is 28.7 Å². The van der Waals surface area contributed by atoms with Crippen molar-refractivity contribution in [3.8, 4) is 0 Å². The number of nitrogens with one attached hydrogen (secondary N) is 1.